The summed E-state index contributed by atoms with van der Waals surface area (Å²) < 4.78 is 12.6. The van der Waals surface area contributed by atoms with Crippen molar-refractivity contribution in [3.05, 3.63) is 22.5 Å². The second-order valence-electron chi connectivity index (χ2n) is 1.42. The molecule has 60 valence electrons. The summed E-state index contributed by atoms with van der Waals surface area (Å²) in [5, 5.41) is 8.67. The van der Waals surface area contributed by atoms with Gasteiger partial charge in [0.2, 0.25) is 0 Å². The van der Waals surface area contributed by atoms with E-state index in [0.29, 0.717) is 0 Å². The molecule has 0 saturated heterocycles. The molecule has 0 unspecified atom stereocenters. The Hall–Kier alpha value is -1.31. The largest absolute Gasteiger partial charge is 0.302 e. The highest BCUT2D eigenvalue weighted by atomic mass is 32.2. The zero-order chi connectivity index (χ0) is 8.27. The lowest BCUT2D eigenvalue weighted by Gasteiger charge is -1.95. The van der Waals surface area contributed by atoms with Crippen molar-refractivity contribution in [3.63, 3.8) is 0 Å². The fourth-order valence-electron chi connectivity index (χ4n) is 0.461. The van der Waals surface area contributed by atoms with Crippen LogP contribution in [0.3, 0.4) is 0 Å². The lowest BCUT2D eigenvalue weighted by Crippen LogP contribution is -2.06. The van der Waals surface area contributed by atoms with Crippen LogP contribution in [-0.2, 0) is 0 Å². The van der Waals surface area contributed by atoms with Crippen LogP contribution in [0.1, 0.15) is 0 Å². The predicted molar refractivity (Wildman–Crippen MR) is 33.9 cm³/mol. The van der Waals surface area contributed by atoms with Crippen LogP contribution >= 0.6 is 12.3 Å². The van der Waals surface area contributed by atoms with Crippen molar-refractivity contribution in [1.82, 2.24) is 8.96 Å². The third kappa shape index (κ3) is 1.80. The van der Waals surface area contributed by atoms with Gasteiger partial charge in [-0.2, -0.15) is 0 Å². The molecule has 0 amide bonds. The van der Waals surface area contributed by atoms with Crippen molar-refractivity contribution in [2.75, 3.05) is 0 Å². The molecule has 0 aliphatic carbocycles. The lowest BCUT2D eigenvalue weighted by atomic mass is 11.0. The van der Waals surface area contributed by atoms with Gasteiger partial charge in [0.05, 0.1) is 0 Å². The minimum atomic E-state index is -1.06. The van der Waals surface area contributed by atoms with Gasteiger partial charge in [-0.15, -0.1) is 14.0 Å². The first-order chi connectivity index (χ1) is 5.24. The minimum absolute atomic E-state index is 0.231. The average molecular weight is 179 g/mol. The third-order valence-corrected chi connectivity index (χ3v) is 1.23. The van der Waals surface area contributed by atoms with Crippen LogP contribution in [0.15, 0.2) is 12.4 Å². The van der Waals surface area contributed by atoms with Crippen molar-refractivity contribution in [2.45, 2.75) is 0 Å². The summed E-state index contributed by atoms with van der Waals surface area (Å²) in [5.74, 6) is 0. The summed E-state index contributed by atoms with van der Waals surface area (Å²) in [5.41, 5.74) is 0. The Kier molecular flexibility index (Phi) is 2.26. The van der Waals surface area contributed by atoms with E-state index in [9.17, 15) is 14.0 Å². The fraction of sp³-hybridized carbons (Fsp3) is 0. The van der Waals surface area contributed by atoms with Crippen molar-refractivity contribution < 1.29 is 13.8 Å². The normalized spacial score (nSPS) is 9.55. The zero-order valence-corrected chi connectivity index (χ0v) is 5.82. The average Bonchev–Trinajstić information content (AvgIpc) is 2.34. The first kappa shape index (κ1) is 7.79. The molecule has 1 aromatic heterocycles. The molecule has 0 N–H and O–H groups in total. The molecule has 0 aliphatic rings. The molecular formula is C3H2FN3O3S. The van der Waals surface area contributed by atoms with Crippen LogP contribution < -0.4 is 4.84 Å². The molecule has 0 saturated carbocycles. The van der Waals surface area contributed by atoms with Crippen molar-refractivity contribution in [3.8, 4) is 6.01 Å². The van der Waals surface area contributed by atoms with Crippen LogP contribution in [0.5, 0.6) is 6.01 Å². The Bertz CT molecular complexity index is 264. The molecule has 0 spiro atoms. The van der Waals surface area contributed by atoms with E-state index < -0.39 is 11.1 Å². The van der Waals surface area contributed by atoms with Crippen molar-refractivity contribution in [1.29, 1.82) is 0 Å². The van der Waals surface area contributed by atoms with Gasteiger partial charge in [0.1, 0.15) is 0 Å². The number of imidazole rings is 1. The van der Waals surface area contributed by atoms with Crippen LogP contribution in [0, 0.1) is 10.1 Å². The van der Waals surface area contributed by atoms with Gasteiger partial charge in [-0.3, -0.25) is 0 Å². The van der Waals surface area contributed by atoms with Gasteiger partial charge in [-0.05, 0) is 0 Å². The Morgan fingerprint density at radius 3 is 3.18 bits per heavy atom. The Balaban J connectivity index is 2.76. The molecule has 0 atom stereocenters. The fourth-order valence-corrected chi connectivity index (χ4v) is 0.701. The van der Waals surface area contributed by atoms with Gasteiger partial charge in [0.25, 0.3) is 0 Å². The summed E-state index contributed by atoms with van der Waals surface area (Å²) >= 11 is -0.231. The van der Waals surface area contributed by atoms with E-state index in [0.717, 1.165) is 3.97 Å². The molecule has 8 heteroatoms. The van der Waals surface area contributed by atoms with E-state index >= 15 is 0 Å². The van der Waals surface area contributed by atoms with Gasteiger partial charge >= 0.3 is 11.1 Å². The third-order valence-electron chi connectivity index (χ3n) is 0.806. The number of hydrogen-bond acceptors (Lipinski definition) is 5. The summed E-state index contributed by atoms with van der Waals surface area (Å²) in [6.07, 6.45) is 2.38. The van der Waals surface area contributed by atoms with Crippen LogP contribution in [0.4, 0.5) is 3.89 Å². The van der Waals surface area contributed by atoms with Crippen molar-refractivity contribution >= 4 is 12.3 Å². The highest BCUT2D eigenvalue weighted by Crippen LogP contribution is 2.16. The van der Waals surface area contributed by atoms with E-state index in [2.05, 4.69) is 9.82 Å². The highest BCUT2D eigenvalue weighted by molar-refractivity contribution is 7.92. The summed E-state index contributed by atoms with van der Waals surface area (Å²) in [6.45, 7) is 0. The quantitative estimate of drug-likeness (QED) is 0.507. The van der Waals surface area contributed by atoms with E-state index in [1.807, 2.05) is 0 Å². The van der Waals surface area contributed by atoms with E-state index in [4.69, 9.17) is 0 Å². The molecule has 0 bridgehead atoms. The number of aromatic nitrogens is 2. The van der Waals surface area contributed by atoms with E-state index in [-0.39, 0.29) is 12.3 Å². The molecule has 1 aromatic rings. The molecule has 0 aromatic carbocycles. The summed E-state index contributed by atoms with van der Waals surface area (Å²) in [6, 6.07) is -0.400. The van der Waals surface area contributed by atoms with Crippen LogP contribution in [0.25, 0.3) is 0 Å². The SMILES string of the molecule is O=[N+]([O-])Oc1nccn1SF. The predicted octanol–water partition coefficient (Wildman–Crippen LogP) is 0.834. The summed E-state index contributed by atoms with van der Waals surface area (Å²) in [4.78, 5) is 17.0. The lowest BCUT2D eigenvalue weighted by molar-refractivity contribution is -0.713. The molecule has 0 aliphatic heterocycles. The molecule has 6 nitrogen and oxygen atoms in total. The number of hydrogen-bond donors (Lipinski definition) is 0. The van der Waals surface area contributed by atoms with Gasteiger partial charge in [-0.25, -0.2) is 13.8 Å². The number of nitrogens with zero attached hydrogens (tertiary/aromatic N) is 3. The van der Waals surface area contributed by atoms with Gasteiger partial charge in [0, 0.05) is 12.4 Å². The smallest absolute Gasteiger partial charge is 0.236 e. The zero-order valence-electron chi connectivity index (χ0n) is 5.01. The highest BCUT2D eigenvalue weighted by Gasteiger charge is 2.07. The monoisotopic (exact) mass is 179 g/mol. The van der Waals surface area contributed by atoms with Gasteiger partial charge in [0.15, 0.2) is 12.3 Å². The molecule has 1 rings (SSSR count). The van der Waals surface area contributed by atoms with Gasteiger partial charge in [-0.1, -0.05) is 0 Å². The summed E-state index contributed by atoms with van der Waals surface area (Å²) in [7, 11) is 0. The van der Waals surface area contributed by atoms with E-state index in [1.54, 1.807) is 0 Å². The molecule has 11 heavy (non-hydrogen) atoms. The van der Waals surface area contributed by atoms with E-state index in [1.165, 1.54) is 12.4 Å². The standard InChI is InChI=1S/C3H2FN3O3S/c4-11-6-2-1-5-3(6)10-7(8)9/h1-2H. The molecular weight excluding hydrogens is 177 g/mol. The Morgan fingerprint density at radius 1 is 1.91 bits per heavy atom. The maximum Gasteiger partial charge on any atom is 0.302 e. The topological polar surface area (TPSA) is 70.2 Å². The Morgan fingerprint density at radius 2 is 2.64 bits per heavy atom. The Labute approximate surface area is 64.5 Å². The maximum atomic E-state index is 11.8. The second kappa shape index (κ2) is 3.19. The second-order valence-corrected chi connectivity index (χ2v) is 1.95. The first-order valence-corrected chi connectivity index (χ1v) is 3.06. The number of rotatable bonds is 3. The number of halogens is 1. The van der Waals surface area contributed by atoms with Crippen molar-refractivity contribution in [2.24, 2.45) is 0 Å². The minimum Gasteiger partial charge on any atom is -0.236 e. The molecule has 1 heterocycles. The van der Waals surface area contributed by atoms with Crippen LogP contribution in [0.2, 0.25) is 0 Å². The molecule has 0 radical (unpaired) electrons. The van der Waals surface area contributed by atoms with Crippen LogP contribution in [-0.4, -0.2) is 14.0 Å². The molecule has 0 fully saturated rings. The maximum absolute atomic E-state index is 11.8. The first-order valence-electron chi connectivity index (χ1n) is 2.39. The van der Waals surface area contributed by atoms with Gasteiger partial charge < -0.3 is 0 Å².